The second kappa shape index (κ2) is 6.08. The fourth-order valence-corrected chi connectivity index (χ4v) is 3.35. The van der Waals surface area contributed by atoms with Crippen molar-refractivity contribution in [2.75, 3.05) is 27.2 Å². The van der Waals surface area contributed by atoms with Gasteiger partial charge in [0.15, 0.2) is 0 Å². The van der Waals surface area contributed by atoms with Crippen molar-refractivity contribution in [3.8, 4) is 5.75 Å². The number of likely N-dealkylation sites (N-methyl/N-ethyl adjacent to an activating group) is 1. The molecule has 3 heteroatoms. The van der Waals surface area contributed by atoms with Gasteiger partial charge in [-0.05, 0) is 42.3 Å². The molecule has 1 aliphatic rings. The molecule has 1 unspecified atom stereocenters. The van der Waals surface area contributed by atoms with Gasteiger partial charge >= 0.3 is 0 Å². The first-order valence-electron chi connectivity index (χ1n) is 7.29. The SMILES string of the molecule is COc1cc2c(cc1Cl)CCN(C)CC2c1ccccc1. The molecule has 1 atom stereocenters. The third kappa shape index (κ3) is 2.92. The fraction of sp³-hybridized carbons (Fsp3) is 0.333. The Bertz CT molecular complexity index is 627. The molecule has 2 aromatic carbocycles. The van der Waals surface area contributed by atoms with Crippen LogP contribution in [0.4, 0.5) is 0 Å². The van der Waals surface area contributed by atoms with Gasteiger partial charge in [-0.25, -0.2) is 0 Å². The number of benzene rings is 2. The maximum absolute atomic E-state index is 6.31. The molecule has 1 aliphatic heterocycles. The predicted molar refractivity (Wildman–Crippen MR) is 87.5 cm³/mol. The summed E-state index contributed by atoms with van der Waals surface area (Å²) < 4.78 is 5.42. The lowest BCUT2D eigenvalue weighted by Crippen LogP contribution is -2.24. The Balaban J connectivity index is 2.12. The van der Waals surface area contributed by atoms with Crippen LogP contribution in [0.15, 0.2) is 42.5 Å². The summed E-state index contributed by atoms with van der Waals surface area (Å²) in [7, 11) is 3.86. The Kier molecular flexibility index (Phi) is 4.18. The van der Waals surface area contributed by atoms with E-state index in [-0.39, 0.29) is 0 Å². The van der Waals surface area contributed by atoms with Crippen LogP contribution in [-0.4, -0.2) is 32.1 Å². The van der Waals surface area contributed by atoms with E-state index in [1.165, 1.54) is 16.7 Å². The first-order valence-corrected chi connectivity index (χ1v) is 7.66. The molecule has 0 saturated heterocycles. The van der Waals surface area contributed by atoms with Gasteiger partial charge < -0.3 is 9.64 Å². The Morgan fingerprint density at radius 1 is 1.19 bits per heavy atom. The van der Waals surface area contributed by atoms with E-state index in [9.17, 15) is 0 Å². The first kappa shape index (κ1) is 14.4. The summed E-state index contributed by atoms with van der Waals surface area (Å²) in [6.45, 7) is 2.07. The van der Waals surface area contributed by atoms with Gasteiger partial charge in [0, 0.05) is 19.0 Å². The molecule has 21 heavy (non-hydrogen) atoms. The molecule has 0 spiro atoms. The second-order valence-electron chi connectivity index (χ2n) is 5.66. The van der Waals surface area contributed by atoms with Crippen LogP contribution >= 0.6 is 11.6 Å². The van der Waals surface area contributed by atoms with E-state index in [2.05, 4.69) is 54.4 Å². The summed E-state index contributed by atoms with van der Waals surface area (Å²) >= 11 is 6.31. The van der Waals surface area contributed by atoms with Gasteiger partial charge in [0.1, 0.15) is 5.75 Å². The maximum atomic E-state index is 6.31. The average molecular weight is 302 g/mol. The zero-order valence-corrected chi connectivity index (χ0v) is 13.2. The minimum atomic E-state index is 0.361. The summed E-state index contributed by atoms with van der Waals surface area (Å²) in [6, 6.07) is 14.9. The largest absolute Gasteiger partial charge is 0.495 e. The number of methoxy groups -OCH3 is 1. The molecule has 110 valence electrons. The summed E-state index contributed by atoms with van der Waals surface area (Å²) in [6.07, 6.45) is 1.03. The average Bonchev–Trinajstić information content (AvgIpc) is 2.67. The number of ether oxygens (including phenoxy) is 1. The molecule has 0 amide bonds. The van der Waals surface area contributed by atoms with E-state index in [1.807, 2.05) is 0 Å². The Labute approximate surface area is 131 Å². The summed E-state index contributed by atoms with van der Waals surface area (Å²) in [4.78, 5) is 2.39. The smallest absolute Gasteiger partial charge is 0.137 e. The lowest BCUT2D eigenvalue weighted by atomic mass is 9.88. The van der Waals surface area contributed by atoms with Crippen LogP contribution in [-0.2, 0) is 6.42 Å². The van der Waals surface area contributed by atoms with E-state index in [1.54, 1.807) is 7.11 Å². The number of fused-ring (bicyclic) bond motifs is 1. The highest BCUT2D eigenvalue weighted by molar-refractivity contribution is 6.32. The number of halogens is 1. The van der Waals surface area contributed by atoms with Crippen molar-refractivity contribution < 1.29 is 4.74 Å². The van der Waals surface area contributed by atoms with Gasteiger partial charge in [-0.1, -0.05) is 41.9 Å². The van der Waals surface area contributed by atoms with Gasteiger partial charge in [0.25, 0.3) is 0 Å². The molecule has 0 radical (unpaired) electrons. The minimum Gasteiger partial charge on any atom is -0.495 e. The van der Waals surface area contributed by atoms with Crippen molar-refractivity contribution in [2.24, 2.45) is 0 Å². The van der Waals surface area contributed by atoms with Gasteiger partial charge in [0.05, 0.1) is 12.1 Å². The van der Waals surface area contributed by atoms with Crippen molar-refractivity contribution in [1.29, 1.82) is 0 Å². The summed E-state index contributed by atoms with van der Waals surface area (Å²) in [5.74, 6) is 1.13. The van der Waals surface area contributed by atoms with Crippen LogP contribution < -0.4 is 4.74 Å². The molecule has 0 N–H and O–H groups in total. The molecule has 0 bridgehead atoms. The topological polar surface area (TPSA) is 12.5 Å². The number of rotatable bonds is 2. The molecule has 2 nitrogen and oxygen atoms in total. The van der Waals surface area contributed by atoms with Crippen LogP contribution in [0.25, 0.3) is 0 Å². The van der Waals surface area contributed by atoms with Crippen LogP contribution in [0.2, 0.25) is 5.02 Å². The Hall–Kier alpha value is -1.51. The van der Waals surface area contributed by atoms with E-state index >= 15 is 0 Å². The van der Waals surface area contributed by atoms with E-state index < -0.39 is 0 Å². The van der Waals surface area contributed by atoms with Crippen molar-refractivity contribution in [2.45, 2.75) is 12.3 Å². The van der Waals surface area contributed by atoms with Crippen molar-refractivity contribution >= 4 is 11.6 Å². The van der Waals surface area contributed by atoms with E-state index in [4.69, 9.17) is 16.3 Å². The van der Waals surface area contributed by atoms with Crippen LogP contribution in [0.5, 0.6) is 5.75 Å². The minimum absolute atomic E-state index is 0.361. The zero-order chi connectivity index (χ0) is 14.8. The lowest BCUT2D eigenvalue weighted by Gasteiger charge is -2.22. The van der Waals surface area contributed by atoms with Crippen molar-refractivity contribution in [3.05, 3.63) is 64.2 Å². The monoisotopic (exact) mass is 301 g/mol. The highest BCUT2D eigenvalue weighted by Crippen LogP contribution is 2.37. The van der Waals surface area contributed by atoms with Gasteiger partial charge in [-0.15, -0.1) is 0 Å². The highest BCUT2D eigenvalue weighted by Gasteiger charge is 2.24. The Morgan fingerprint density at radius 2 is 1.95 bits per heavy atom. The highest BCUT2D eigenvalue weighted by atomic mass is 35.5. The maximum Gasteiger partial charge on any atom is 0.137 e. The molecule has 0 fully saturated rings. The number of hydrogen-bond acceptors (Lipinski definition) is 2. The van der Waals surface area contributed by atoms with Gasteiger partial charge in [-0.3, -0.25) is 0 Å². The Morgan fingerprint density at radius 3 is 2.67 bits per heavy atom. The summed E-state index contributed by atoms with van der Waals surface area (Å²) in [5, 5.41) is 0.701. The molecule has 2 aromatic rings. The van der Waals surface area contributed by atoms with Crippen LogP contribution in [0, 0.1) is 0 Å². The molecule has 3 rings (SSSR count). The normalized spacial score (nSPS) is 18.9. The number of hydrogen-bond donors (Lipinski definition) is 0. The fourth-order valence-electron chi connectivity index (χ4n) is 3.09. The van der Waals surface area contributed by atoms with E-state index in [0.29, 0.717) is 10.9 Å². The molecular formula is C18H20ClNO. The van der Waals surface area contributed by atoms with Gasteiger partial charge in [-0.2, -0.15) is 0 Å². The van der Waals surface area contributed by atoms with Crippen molar-refractivity contribution in [3.63, 3.8) is 0 Å². The number of nitrogens with zero attached hydrogens (tertiary/aromatic N) is 1. The molecule has 1 heterocycles. The standard InChI is InChI=1S/C18H20ClNO/c1-20-9-8-14-10-17(19)18(21-2)11-15(14)16(12-20)13-6-4-3-5-7-13/h3-7,10-11,16H,8-9,12H2,1-2H3. The zero-order valence-electron chi connectivity index (χ0n) is 12.5. The lowest BCUT2D eigenvalue weighted by molar-refractivity contribution is 0.338. The first-order chi connectivity index (χ1) is 10.2. The quantitative estimate of drug-likeness (QED) is 0.832. The molecule has 0 aliphatic carbocycles. The van der Waals surface area contributed by atoms with Crippen LogP contribution in [0.1, 0.15) is 22.6 Å². The molecule has 0 aromatic heterocycles. The molecular weight excluding hydrogens is 282 g/mol. The van der Waals surface area contributed by atoms with Gasteiger partial charge in [0.2, 0.25) is 0 Å². The molecule has 0 saturated carbocycles. The predicted octanol–water partition coefficient (Wildman–Crippen LogP) is 3.97. The second-order valence-corrected chi connectivity index (χ2v) is 6.07. The summed E-state index contributed by atoms with van der Waals surface area (Å²) in [5.41, 5.74) is 4.02. The third-order valence-electron chi connectivity index (χ3n) is 4.25. The third-order valence-corrected chi connectivity index (χ3v) is 4.54. The van der Waals surface area contributed by atoms with E-state index in [0.717, 1.165) is 25.3 Å². The van der Waals surface area contributed by atoms with Crippen molar-refractivity contribution in [1.82, 2.24) is 4.90 Å². The van der Waals surface area contributed by atoms with Crippen LogP contribution in [0.3, 0.4) is 0 Å².